The first-order valence-electron chi connectivity index (χ1n) is 11.7. The number of ether oxygens (including phenoxy) is 1. The first-order valence-corrected chi connectivity index (χ1v) is 11.7. The van der Waals surface area contributed by atoms with E-state index in [4.69, 9.17) is 4.74 Å². The van der Waals surface area contributed by atoms with Crippen LogP contribution >= 0.6 is 0 Å². The summed E-state index contributed by atoms with van der Waals surface area (Å²) in [6, 6.07) is 24.7. The number of nitrogens with one attached hydrogen (secondary N) is 1. The molecule has 3 rings (SSSR count). The third kappa shape index (κ3) is 7.20. The molecule has 2 amide bonds. The lowest BCUT2D eigenvalue weighted by Crippen LogP contribution is -2.52. The van der Waals surface area contributed by atoms with Gasteiger partial charge >= 0.3 is 0 Å². The highest BCUT2D eigenvalue weighted by Gasteiger charge is 2.30. The van der Waals surface area contributed by atoms with Crippen LogP contribution < -0.4 is 10.1 Å². The van der Waals surface area contributed by atoms with Gasteiger partial charge in [0.2, 0.25) is 11.8 Å². The minimum atomic E-state index is -0.644. The molecule has 0 radical (unpaired) electrons. The van der Waals surface area contributed by atoms with E-state index < -0.39 is 6.04 Å². The molecule has 0 aliphatic heterocycles. The summed E-state index contributed by atoms with van der Waals surface area (Å²) in [5.74, 6) is 0.472. The first kappa shape index (κ1) is 25.0. The molecule has 0 bridgehead atoms. The van der Waals surface area contributed by atoms with Crippen LogP contribution in [-0.4, -0.2) is 35.9 Å². The SMILES string of the molecule is COc1cccc(CN(C(=O)Cc2ccc(C)cc2)C(Cc2ccccc2)C(=O)NC(C)C)c1. The topological polar surface area (TPSA) is 58.6 Å². The average molecular weight is 459 g/mol. The molecule has 5 nitrogen and oxygen atoms in total. The number of benzene rings is 3. The Hall–Kier alpha value is -3.60. The van der Waals surface area contributed by atoms with E-state index in [0.29, 0.717) is 13.0 Å². The predicted octanol–water partition coefficient (Wildman–Crippen LogP) is 4.71. The van der Waals surface area contributed by atoms with Gasteiger partial charge in [0.25, 0.3) is 0 Å². The summed E-state index contributed by atoms with van der Waals surface area (Å²) in [5, 5.41) is 3.02. The number of carbonyl (C=O) groups excluding carboxylic acids is 2. The Labute approximate surface area is 202 Å². The lowest BCUT2D eigenvalue weighted by atomic mass is 10.0. The number of aryl methyl sites for hydroxylation is 1. The maximum atomic E-state index is 13.7. The van der Waals surface area contributed by atoms with Crippen molar-refractivity contribution in [3.63, 3.8) is 0 Å². The van der Waals surface area contributed by atoms with Crippen LogP contribution in [0.3, 0.4) is 0 Å². The molecule has 0 aliphatic carbocycles. The normalized spacial score (nSPS) is 11.7. The van der Waals surface area contributed by atoms with Crippen molar-refractivity contribution in [1.29, 1.82) is 0 Å². The minimum Gasteiger partial charge on any atom is -0.497 e. The molecule has 0 heterocycles. The number of hydrogen-bond donors (Lipinski definition) is 1. The van der Waals surface area contributed by atoms with Gasteiger partial charge in [-0.15, -0.1) is 0 Å². The molecule has 0 saturated carbocycles. The summed E-state index contributed by atoms with van der Waals surface area (Å²) in [4.78, 5) is 28.8. The Morgan fingerprint density at radius 3 is 2.21 bits per heavy atom. The van der Waals surface area contributed by atoms with Gasteiger partial charge in [-0.2, -0.15) is 0 Å². The van der Waals surface area contributed by atoms with Gasteiger partial charge in [-0.3, -0.25) is 9.59 Å². The zero-order valence-corrected chi connectivity index (χ0v) is 20.5. The number of methoxy groups -OCH3 is 1. The molecule has 0 fully saturated rings. The van der Waals surface area contributed by atoms with E-state index in [1.807, 2.05) is 99.6 Å². The lowest BCUT2D eigenvalue weighted by Gasteiger charge is -2.32. The van der Waals surface area contributed by atoms with Crippen molar-refractivity contribution in [3.8, 4) is 5.75 Å². The number of rotatable bonds is 10. The second-order valence-electron chi connectivity index (χ2n) is 8.90. The van der Waals surface area contributed by atoms with Gasteiger partial charge in [0.15, 0.2) is 0 Å². The molecule has 1 unspecified atom stereocenters. The third-order valence-corrected chi connectivity index (χ3v) is 5.67. The van der Waals surface area contributed by atoms with Crippen LogP contribution in [0.15, 0.2) is 78.9 Å². The maximum absolute atomic E-state index is 13.7. The highest BCUT2D eigenvalue weighted by Crippen LogP contribution is 2.19. The molecular weight excluding hydrogens is 424 g/mol. The van der Waals surface area contributed by atoms with Gasteiger partial charge in [-0.25, -0.2) is 0 Å². The fourth-order valence-electron chi connectivity index (χ4n) is 3.88. The molecule has 1 atom stereocenters. The van der Waals surface area contributed by atoms with E-state index in [9.17, 15) is 9.59 Å². The molecule has 0 aliphatic rings. The number of hydrogen-bond acceptors (Lipinski definition) is 3. The van der Waals surface area contributed by atoms with E-state index in [0.717, 1.165) is 28.0 Å². The second kappa shape index (κ2) is 12.0. The van der Waals surface area contributed by atoms with Gasteiger partial charge in [-0.1, -0.05) is 72.3 Å². The second-order valence-corrected chi connectivity index (χ2v) is 8.90. The monoisotopic (exact) mass is 458 g/mol. The number of carbonyl (C=O) groups is 2. The summed E-state index contributed by atoms with van der Waals surface area (Å²) in [7, 11) is 1.62. The quantitative estimate of drug-likeness (QED) is 0.479. The summed E-state index contributed by atoms with van der Waals surface area (Å²) in [5.41, 5.74) is 3.98. The van der Waals surface area contributed by atoms with Gasteiger partial charge in [0.1, 0.15) is 11.8 Å². The molecule has 5 heteroatoms. The summed E-state index contributed by atoms with van der Waals surface area (Å²) in [6.45, 7) is 6.19. The molecule has 0 saturated heterocycles. The number of amides is 2. The van der Waals surface area contributed by atoms with Crippen molar-refractivity contribution >= 4 is 11.8 Å². The van der Waals surface area contributed by atoms with Crippen LogP contribution in [0.25, 0.3) is 0 Å². The molecule has 3 aromatic carbocycles. The smallest absolute Gasteiger partial charge is 0.243 e. The first-order chi connectivity index (χ1) is 16.4. The molecule has 34 heavy (non-hydrogen) atoms. The molecule has 178 valence electrons. The van der Waals surface area contributed by atoms with Gasteiger partial charge < -0.3 is 15.0 Å². The average Bonchev–Trinajstić information content (AvgIpc) is 2.83. The van der Waals surface area contributed by atoms with E-state index in [-0.39, 0.29) is 24.3 Å². The largest absolute Gasteiger partial charge is 0.497 e. The molecule has 0 spiro atoms. The Balaban J connectivity index is 1.97. The van der Waals surface area contributed by atoms with Crippen LogP contribution in [0.5, 0.6) is 5.75 Å². The van der Waals surface area contributed by atoms with E-state index in [2.05, 4.69) is 5.32 Å². The molecular formula is C29H34N2O3. The van der Waals surface area contributed by atoms with Crippen LogP contribution in [0.2, 0.25) is 0 Å². The maximum Gasteiger partial charge on any atom is 0.243 e. The summed E-state index contributed by atoms with van der Waals surface area (Å²) in [6.07, 6.45) is 0.660. The van der Waals surface area contributed by atoms with Gasteiger partial charge in [-0.05, 0) is 49.6 Å². The molecule has 3 aromatic rings. The Kier molecular flexibility index (Phi) is 8.86. The van der Waals surface area contributed by atoms with Crippen LogP contribution in [-0.2, 0) is 29.0 Å². The predicted molar refractivity (Wildman–Crippen MR) is 136 cm³/mol. The Morgan fingerprint density at radius 1 is 0.882 bits per heavy atom. The zero-order chi connectivity index (χ0) is 24.5. The van der Waals surface area contributed by atoms with Crippen LogP contribution in [0.1, 0.15) is 36.1 Å². The van der Waals surface area contributed by atoms with Crippen molar-refractivity contribution in [2.75, 3.05) is 7.11 Å². The van der Waals surface area contributed by atoms with Crippen molar-refractivity contribution in [3.05, 3.63) is 101 Å². The third-order valence-electron chi connectivity index (χ3n) is 5.67. The van der Waals surface area contributed by atoms with Crippen molar-refractivity contribution in [2.45, 2.75) is 52.2 Å². The van der Waals surface area contributed by atoms with Crippen molar-refractivity contribution < 1.29 is 14.3 Å². The van der Waals surface area contributed by atoms with Crippen molar-refractivity contribution in [1.82, 2.24) is 10.2 Å². The Bertz CT molecular complexity index is 1080. The van der Waals surface area contributed by atoms with E-state index in [1.54, 1.807) is 12.0 Å². The Morgan fingerprint density at radius 2 is 1.56 bits per heavy atom. The minimum absolute atomic E-state index is 0.0309. The van der Waals surface area contributed by atoms with Crippen LogP contribution in [0.4, 0.5) is 0 Å². The van der Waals surface area contributed by atoms with Gasteiger partial charge in [0, 0.05) is 19.0 Å². The van der Waals surface area contributed by atoms with Crippen LogP contribution in [0, 0.1) is 6.92 Å². The lowest BCUT2D eigenvalue weighted by molar-refractivity contribution is -0.141. The standard InChI is InChI=1S/C29H34N2O3/c1-21(2)30-29(33)27(18-23-9-6-5-7-10-23)31(20-25-11-8-12-26(17-25)34-4)28(32)19-24-15-13-22(3)14-16-24/h5-17,21,27H,18-20H2,1-4H3,(H,30,33). The van der Waals surface area contributed by atoms with Crippen molar-refractivity contribution in [2.24, 2.45) is 0 Å². The van der Waals surface area contributed by atoms with E-state index >= 15 is 0 Å². The molecule has 0 aromatic heterocycles. The summed E-state index contributed by atoms with van der Waals surface area (Å²) < 4.78 is 5.38. The number of nitrogens with zero attached hydrogens (tertiary/aromatic N) is 1. The zero-order valence-electron chi connectivity index (χ0n) is 20.5. The highest BCUT2D eigenvalue weighted by molar-refractivity contribution is 5.89. The van der Waals surface area contributed by atoms with E-state index in [1.165, 1.54) is 0 Å². The summed E-state index contributed by atoms with van der Waals surface area (Å²) >= 11 is 0. The highest BCUT2D eigenvalue weighted by atomic mass is 16.5. The fourth-order valence-corrected chi connectivity index (χ4v) is 3.88. The van der Waals surface area contributed by atoms with Gasteiger partial charge in [0.05, 0.1) is 13.5 Å². The molecule has 1 N–H and O–H groups in total. The fraction of sp³-hybridized carbons (Fsp3) is 0.310.